The van der Waals surface area contributed by atoms with Crippen LogP contribution in [-0.4, -0.2) is 168 Å². The lowest BCUT2D eigenvalue weighted by atomic mass is 9.98. The van der Waals surface area contributed by atoms with Crippen molar-refractivity contribution in [2.24, 2.45) is 0 Å². The molecule has 16 heteroatoms. The number of rotatable bonds is 8. The SMILES string of the molecule is OC[C@H]1O[C@@](CO)(O[C@H]2O[C@H](CO)[C@@H](O)[C@@H](O)[C@H]2O)[C@H](O[C@H]2O[C@H](CO)[C@@H](O)[C@@H](O)[C@H]2O)[C@H]1O. The van der Waals surface area contributed by atoms with E-state index in [2.05, 4.69) is 0 Å². The fourth-order valence-electron chi connectivity index (χ4n) is 4.12. The van der Waals surface area contributed by atoms with Gasteiger partial charge in [0.25, 0.3) is 0 Å². The molecule has 0 amide bonds. The van der Waals surface area contributed by atoms with E-state index < -0.39 is 112 Å². The van der Waals surface area contributed by atoms with E-state index in [1.165, 1.54) is 0 Å². The molecule has 3 rings (SSSR count). The predicted molar refractivity (Wildman–Crippen MR) is 101 cm³/mol. The third-order valence-corrected chi connectivity index (χ3v) is 6.17. The highest BCUT2D eigenvalue weighted by atomic mass is 16.8. The molecule has 0 unspecified atom stereocenters. The van der Waals surface area contributed by atoms with Gasteiger partial charge in [0, 0.05) is 0 Å². The van der Waals surface area contributed by atoms with Crippen LogP contribution < -0.4 is 0 Å². The van der Waals surface area contributed by atoms with Gasteiger partial charge in [-0.3, -0.25) is 0 Å². The Balaban J connectivity index is 1.87. The van der Waals surface area contributed by atoms with Gasteiger partial charge in [-0.1, -0.05) is 0 Å². The fourth-order valence-corrected chi connectivity index (χ4v) is 4.12. The van der Waals surface area contributed by atoms with Gasteiger partial charge in [-0.2, -0.15) is 0 Å². The van der Waals surface area contributed by atoms with Crippen molar-refractivity contribution in [1.29, 1.82) is 0 Å². The van der Waals surface area contributed by atoms with Crippen LogP contribution in [0.25, 0.3) is 0 Å². The molecule has 14 atom stereocenters. The Morgan fingerprint density at radius 3 is 1.50 bits per heavy atom. The normalized spacial score (nSPS) is 52.1. The zero-order valence-electron chi connectivity index (χ0n) is 17.8. The van der Waals surface area contributed by atoms with Crippen LogP contribution in [0.15, 0.2) is 0 Å². The molecule has 0 bridgehead atoms. The molecule has 0 aliphatic carbocycles. The summed E-state index contributed by atoms with van der Waals surface area (Å²) < 4.78 is 27.0. The molecule has 0 radical (unpaired) electrons. The molecule has 3 saturated heterocycles. The van der Waals surface area contributed by atoms with Crippen molar-refractivity contribution in [2.75, 3.05) is 26.4 Å². The number of aliphatic hydroxyl groups is 11. The van der Waals surface area contributed by atoms with Crippen LogP contribution in [0, 0.1) is 0 Å². The molecule has 11 N–H and O–H groups in total. The van der Waals surface area contributed by atoms with Crippen molar-refractivity contribution in [3.63, 3.8) is 0 Å². The number of hydrogen-bond donors (Lipinski definition) is 11. The second kappa shape index (κ2) is 11.2. The van der Waals surface area contributed by atoms with E-state index in [0.717, 1.165) is 0 Å². The number of hydrogen-bond acceptors (Lipinski definition) is 16. The largest absolute Gasteiger partial charge is 0.394 e. The predicted octanol–water partition coefficient (Wildman–Crippen LogP) is -7.57. The van der Waals surface area contributed by atoms with Gasteiger partial charge in [-0.15, -0.1) is 0 Å². The fraction of sp³-hybridized carbons (Fsp3) is 1.00. The van der Waals surface area contributed by atoms with Crippen LogP contribution in [0.5, 0.6) is 0 Å². The molecule has 3 fully saturated rings. The quantitative estimate of drug-likeness (QED) is 0.146. The number of ether oxygens (including phenoxy) is 5. The summed E-state index contributed by atoms with van der Waals surface area (Å²) in [6.07, 6.45) is -22.3. The molecule has 3 aliphatic rings. The average molecular weight is 504 g/mol. The summed E-state index contributed by atoms with van der Waals surface area (Å²) in [7, 11) is 0. The molecule has 3 heterocycles. The Morgan fingerprint density at radius 2 is 1.03 bits per heavy atom. The first-order chi connectivity index (χ1) is 16.0. The maximum Gasteiger partial charge on any atom is 0.224 e. The van der Waals surface area contributed by atoms with Gasteiger partial charge in [-0.05, 0) is 0 Å². The molecule has 3 aliphatic heterocycles. The zero-order valence-corrected chi connectivity index (χ0v) is 17.8. The van der Waals surface area contributed by atoms with E-state index in [-0.39, 0.29) is 0 Å². The standard InChI is InChI=1S/C18H32O16/c19-1-5-8(23)11(26)13(28)16(30-5)32-15-10(25)7(3-21)33-18(15,4-22)34-17-14(29)12(27)9(24)6(2-20)31-17/h5-17,19-29H,1-4H2/t5-,6-,7-,8-,9-,10+,11-,12-,13-,14-,15-,16-,17-,18+/m1/s1. The van der Waals surface area contributed by atoms with E-state index in [1.54, 1.807) is 0 Å². The van der Waals surface area contributed by atoms with Gasteiger partial charge in [0.2, 0.25) is 5.79 Å². The average Bonchev–Trinajstić information content (AvgIpc) is 3.10. The maximum atomic E-state index is 10.6. The highest BCUT2D eigenvalue weighted by molar-refractivity contribution is 5.01. The summed E-state index contributed by atoms with van der Waals surface area (Å²) in [6.45, 7) is -3.49. The van der Waals surface area contributed by atoms with E-state index in [9.17, 15) is 56.2 Å². The summed E-state index contributed by atoms with van der Waals surface area (Å²) >= 11 is 0. The molecular formula is C18H32O16. The molecule has 34 heavy (non-hydrogen) atoms. The highest BCUT2D eigenvalue weighted by Gasteiger charge is 2.61. The number of aliphatic hydroxyl groups excluding tert-OH is 11. The molecule has 0 aromatic rings. The van der Waals surface area contributed by atoms with Gasteiger partial charge in [-0.25, -0.2) is 0 Å². The van der Waals surface area contributed by atoms with Gasteiger partial charge in [0.1, 0.15) is 73.8 Å². The Morgan fingerprint density at radius 1 is 0.559 bits per heavy atom. The molecule has 0 spiro atoms. The molecule has 0 aromatic carbocycles. The summed E-state index contributed by atoms with van der Waals surface area (Å²) in [4.78, 5) is 0. The van der Waals surface area contributed by atoms with Crippen LogP contribution in [0.4, 0.5) is 0 Å². The minimum Gasteiger partial charge on any atom is -0.394 e. The third-order valence-electron chi connectivity index (χ3n) is 6.17. The van der Waals surface area contributed by atoms with E-state index >= 15 is 0 Å². The zero-order chi connectivity index (χ0) is 25.4. The van der Waals surface area contributed by atoms with Gasteiger partial charge >= 0.3 is 0 Å². The van der Waals surface area contributed by atoms with Crippen LogP contribution in [0.3, 0.4) is 0 Å². The van der Waals surface area contributed by atoms with Crippen LogP contribution in [0.2, 0.25) is 0 Å². The van der Waals surface area contributed by atoms with E-state index in [4.69, 9.17) is 23.7 Å². The van der Waals surface area contributed by atoms with Crippen molar-refractivity contribution >= 4 is 0 Å². The molecular weight excluding hydrogens is 472 g/mol. The minimum atomic E-state index is -2.43. The smallest absolute Gasteiger partial charge is 0.224 e. The molecule has 0 saturated carbocycles. The molecule has 16 nitrogen and oxygen atoms in total. The van der Waals surface area contributed by atoms with Gasteiger partial charge in [0.05, 0.1) is 19.8 Å². The minimum absolute atomic E-state index is 0.777. The van der Waals surface area contributed by atoms with Crippen molar-refractivity contribution in [1.82, 2.24) is 0 Å². The molecule has 200 valence electrons. The lowest BCUT2D eigenvalue weighted by molar-refractivity contribution is -0.400. The lowest BCUT2D eigenvalue weighted by Gasteiger charge is -2.45. The van der Waals surface area contributed by atoms with Crippen LogP contribution in [-0.2, 0) is 23.7 Å². The van der Waals surface area contributed by atoms with Crippen molar-refractivity contribution in [3.05, 3.63) is 0 Å². The van der Waals surface area contributed by atoms with E-state index in [1.807, 2.05) is 0 Å². The third kappa shape index (κ3) is 4.96. The summed E-state index contributed by atoms with van der Waals surface area (Å²) in [5.41, 5.74) is 0. The van der Waals surface area contributed by atoms with E-state index in [0.29, 0.717) is 0 Å². The second-order valence-corrected chi connectivity index (χ2v) is 8.37. The first-order valence-corrected chi connectivity index (χ1v) is 10.6. The summed E-state index contributed by atoms with van der Waals surface area (Å²) in [5, 5.41) is 109. The Hall–Kier alpha value is -0.640. The second-order valence-electron chi connectivity index (χ2n) is 8.37. The maximum absolute atomic E-state index is 10.6. The Labute approximate surface area is 192 Å². The first-order valence-electron chi connectivity index (χ1n) is 10.6. The monoisotopic (exact) mass is 504 g/mol. The summed E-state index contributed by atoms with van der Waals surface area (Å²) in [5.74, 6) is -2.43. The topological polar surface area (TPSA) is 269 Å². The molecule has 0 aromatic heterocycles. The Kier molecular flexibility index (Phi) is 9.18. The van der Waals surface area contributed by atoms with Gasteiger partial charge < -0.3 is 79.9 Å². The summed E-state index contributed by atoms with van der Waals surface area (Å²) in [6, 6.07) is 0. The Bertz CT molecular complexity index is 651. The highest BCUT2D eigenvalue weighted by Crippen LogP contribution is 2.39. The lowest BCUT2D eigenvalue weighted by Crippen LogP contribution is -2.64. The van der Waals surface area contributed by atoms with Crippen molar-refractivity contribution in [3.8, 4) is 0 Å². The van der Waals surface area contributed by atoms with Crippen molar-refractivity contribution < 1.29 is 79.9 Å². The first kappa shape index (κ1) is 27.9. The van der Waals surface area contributed by atoms with Gasteiger partial charge in [0.15, 0.2) is 12.6 Å². The van der Waals surface area contributed by atoms with Crippen LogP contribution in [0.1, 0.15) is 0 Å². The van der Waals surface area contributed by atoms with Crippen LogP contribution >= 0.6 is 0 Å². The van der Waals surface area contributed by atoms with Crippen molar-refractivity contribution in [2.45, 2.75) is 85.5 Å².